The number of amides is 1. The van der Waals surface area contributed by atoms with E-state index in [1.165, 1.54) is 9.80 Å². The van der Waals surface area contributed by atoms with Crippen molar-refractivity contribution < 1.29 is 26.7 Å². The van der Waals surface area contributed by atoms with Gasteiger partial charge in [-0.3, -0.25) is 4.18 Å². The molecule has 23 heavy (non-hydrogen) atoms. The van der Waals surface area contributed by atoms with Crippen molar-refractivity contribution in [3.63, 3.8) is 0 Å². The van der Waals surface area contributed by atoms with Crippen LogP contribution in [-0.4, -0.2) is 57.7 Å². The number of rotatable bonds is 3. The number of carbonyl (C=O) groups excluding carboxylic acids is 1. The van der Waals surface area contributed by atoms with Gasteiger partial charge in [-0.15, -0.1) is 0 Å². The number of aryl methyl sites for hydroxylation is 2. The summed E-state index contributed by atoms with van der Waals surface area (Å²) in [5, 5.41) is 0. The molecule has 0 fully saturated rings. The summed E-state index contributed by atoms with van der Waals surface area (Å²) in [5.41, 5.74) is 2.02. The molecule has 0 saturated carbocycles. The van der Waals surface area contributed by atoms with Gasteiger partial charge in [-0.1, -0.05) is 0 Å². The normalized spacial score (nSPS) is 10.8. The third-order valence-electron chi connectivity index (χ3n) is 2.66. The lowest BCUT2D eigenvalue weighted by Crippen LogP contribution is -2.25. The molecule has 0 heterocycles. The van der Waals surface area contributed by atoms with Gasteiger partial charge in [0.1, 0.15) is 18.3 Å². The molecule has 1 aromatic rings. The molecule has 1 aromatic carbocycles. The first-order valence-electron chi connectivity index (χ1n) is 6.48. The first-order chi connectivity index (χ1) is 10.4. The van der Waals surface area contributed by atoms with Gasteiger partial charge in [0.25, 0.3) is 0 Å². The average Bonchev–Trinajstić information content (AvgIpc) is 2.41. The summed E-state index contributed by atoms with van der Waals surface area (Å²) in [5.74, 6) is 0.679. The average molecular weight is 365 g/mol. The summed E-state index contributed by atoms with van der Waals surface area (Å²) in [6, 6.07) is 4.18. The van der Waals surface area contributed by atoms with E-state index in [4.69, 9.17) is 4.74 Å². The summed E-state index contributed by atoms with van der Waals surface area (Å²) in [6.07, 6.45) is 4.02. The minimum Gasteiger partial charge on any atom is -0.726 e. The smallest absolute Gasteiger partial charge is 0.414 e. The van der Waals surface area contributed by atoms with E-state index in [2.05, 4.69) is 28.8 Å². The Bertz CT molecular complexity index is 618. The Morgan fingerprint density at radius 2 is 1.57 bits per heavy atom. The fraction of sp³-hybridized carbons (Fsp3) is 0.500. The van der Waals surface area contributed by atoms with Crippen molar-refractivity contribution in [3.05, 3.63) is 23.3 Å². The van der Waals surface area contributed by atoms with Crippen molar-refractivity contribution >= 4 is 27.4 Å². The molecule has 7 nitrogen and oxygen atoms in total. The van der Waals surface area contributed by atoms with Crippen LogP contribution in [0.25, 0.3) is 0 Å². The molecule has 0 radical (unpaired) electrons. The monoisotopic (exact) mass is 365 g/mol. The molecule has 0 bridgehead atoms. The van der Waals surface area contributed by atoms with Gasteiger partial charge in [0, 0.05) is 25.0 Å². The third kappa shape index (κ3) is 8.21. The predicted octanol–water partition coefficient (Wildman–Crippen LogP) is 1.69. The molecule has 0 spiro atoms. The zero-order valence-corrected chi connectivity index (χ0v) is 16.0. The van der Waals surface area contributed by atoms with Gasteiger partial charge >= 0.3 is 6.09 Å². The molecule has 1 amide bonds. The summed E-state index contributed by atoms with van der Waals surface area (Å²) < 4.78 is 36.4. The molecule has 0 atom stereocenters. The molecule has 132 valence electrons. The number of ether oxygens (including phenoxy) is 1. The number of hydrogen-bond donors (Lipinski definition) is 0. The van der Waals surface area contributed by atoms with Crippen LogP contribution in [0.2, 0.25) is 0 Å². The first-order valence-corrected chi connectivity index (χ1v) is 9.86. The van der Waals surface area contributed by atoms with Gasteiger partial charge in [-0.05, 0) is 37.1 Å². The Morgan fingerprint density at radius 3 is 1.83 bits per heavy atom. The quantitative estimate of drug-likeness (QED) is 0.459. The standard InChI is InChI=1S/C13H20NO2S.CH4O4S/c1-9-7-11(17(5)6)8-10(2)12(9)16-13(15)14(3)4;1-5-6(2,3)4/h7-8H,1-6H3;1H3,(H,2,3,4)/q+1;/p-1. The Balaban J connectivity index is 0.000000688. The van der Waals surface area contributed by atoms with E-state index < -0.39 is 10.4 Å². The van der Waals surface area contributed by atoms with Crippen LogP contribution in [0.5, 0.6) is 5.75 Å². The van der Waals surface area contributed by atoms with Crippen LogP contribution in [0.3, 0.4) is 0 Å². The number of hydrogen-bond acceptors (Lipinski definition) is 6. The van der Waals surface area contributed by atoms with Crippen molar-refractivity contribution in [2.45, 2.75) is 18.7 Å². The zero-order valence-electron chi connectivity index (χ0n) is 14.4. The topological polar surface area (TPSA) is 96.0 Å². The van der Waals surface area contributed by atoms with Crippen molar-refractivity contribution in [2.24, 2.45) is 0 Å². The Labute approximate surface area is 140 Å². The predicted molar refractivity (Wildman–Crippen MR) is 89.8 cm³/mol. The molecule has 0 aliphatic rings. The lowest BCUT2D eigenvalue weighted by molar-refractivity contribution is 0.171. The molecule has 9 heteroatoms. The van der Waals surface area contributed by atoms with Gasteiger partial charge in [0.15, 0.2) is 4.90 Å². The van der Waals surface area contributed by atoms with E-state index >= 15 is 0 Å². The van der Waals surface area contributed by atoms with Crippen LogP contribution < -0.4 is 4.74 Å². The summed E-state index contributed by atoms with van der Waals surface area (Å²) in [6.45, 7) is 3.95. The zero-order chi connectivity index (χ0) is 18.4. The Kier molecular flexibility index (Phi) is 8.60. The molecular formula is C14H23NO6S2. The third-order valence-corrected chi connectivity index (χ3v) is 4.25. The molecule has 0 N–H and O–H groups in total. The molecular weight excluding hydrogens is 342 g/mol. The summed E-state index contributed by atoms with van der Waals surface area (Å²) in [7, 11) is -0.0294. The van der Waals surface area contributed by atoms with Crippen LogP contribution in [0.4, 0.5) is 4.79 Å². The molecule has 0 aliphatic heterocycles. The van der Waals surface area contributed by atoms with Crippen LogP contribution in [0.15, 0.2) is 17.0 Å². The maximum atomic E-state index is 11.5. The Hall–Kier alpha value is -1.29. The van der Waals surface area contributed by atoms with Crippen molar-refractivity contribution in [2.75, 3.05) is 33.7 Å². The lowest BCUT2D eigenvalue weighted by Gasteiger charge is -2.14. The highest BCUT2D eigenvalue weighted by molar-refractivity contribution is 7.95. The molecule has 0 unspecified atom stereocenters. The van der Waals surface area contributed by atoms with Crippen molar-refractivity contribution in [3.8, 4) is 5.75 Å². The van der Waals surface area contributed by atoms with E-state index in [0.29, 0.717) is 5.75 Å². The van der Waals surface area contributed by atoms with E-state index in [0.717, 1.165) is 18.2 Å². The molecule has 0 aromatic heterocycles. The minimum absolute atomic E-state index is 0.220. The van der Waals surface area contributed by atoms with Gasteiger partial charge < -0.3 is 14.2 Å². The first kappa shape index (κ1) is 21.7. The maximum absolute atomic E-state index is 11.5. The van der Waals surface area contributed by atoms with E-state index in [1.54, 1.807) is 14.1 Å². The van der Waals surface area contributed by atoms with Gasteiger partial charge in [-0.25, -0.2) is 13.2 Å². The van der Waals surface area contributed by atoms with Crippen molar-refractivity contribution in [1.29, 1.82) is 0 Å². The largest absolute Gasteiger partial charge is 0.726 e. The van der Waals surface area contributed by atoms with E-state index in [1.807, 2.05) is 13.8 Å². The van der Waals surface area contributed by atoms with Gasteiger partial charge in [-0.2, -0.15) is 0 Å². The molecule has 0 saturated heterocycles. The summed E-state index contributed by atoms with van der Waals surface area (Å²) >= 11 is 0. The lowest BCUT2D eigenvalue weighted by atomic mass is 10.1. The van der Waals surface area contributed by atoms with E-state index in [9.17, 15) is 17.8 Å². The highest BCUT2D eigenvalue weighted by atomic mass is 32.3. The van der Waals surface area contributed by atoms with Crippen molar-refractivity contribution in [1.82, 2.24) is 4.90 Å². The minimum atomic E-state index is -4.41. The Morgan fingerprint density at radius 1 is 1.17 bits per heavy atom. The van der Waals surface area contributed by atoms with Crippen LogP contribution in [0, 0.1) is 13.8 Å². The highest BCUT2D eigenvalue weighted by Gasteiger charge is 2.16. The SMILES string of the molecule is COS(=O)(=O)[O-].Cc1cc([S+](C)C)cc(C)c1OC(=O)N(C)C. The molecule has 0 aliphatic carbocycles. The van der Waals surface area contributed by atoms with Crippen LogP contribution in [-0.2, 0) is 25.5 Å². The fourth-order valence-corrected chi connectivity index (χ4v) is 2.31. The number of benzene rings is 1. The second kappa shape index (κ2) is 9.11. The number of nitrogens with zero attached hydrogens (tertiary/aromatic N) is 1. The van der Waals surface area contributed by atoms with E-state index in [-0.39, 0.29) is 17.0 Å². The van der Waals surface area contributed by atoms with Crippen LogP contribution >= 0.6 is 0 Å². The van der Waals surface area contributed by atoms with Gasteiger partial charge in [0.2, 0.25) is 10.4 Å². The van der Waals surface area contributed by atoms with Crippen LogP contribution in [0.1, 0.15) is 11.1 Å². The highest BCUT2D eigenvalue weighted by Crippen LogP contribution is 2.27. The second-order valence-corrected chi connectivity index (χ2v) is 8.29. The molecule has 1 rings (SSSR count). The van der Waals surface area contributed by atoms with Gasteiger partial charge in [0.05, 0.1) is 7.11 Å². The second-order valence-electron chi connectivity index (χ2n) is 5.04. The summed E-state index contributed by atoms with van der Waals surface area (Å²) in [4.78, 5) is 14.3. The number of carbonyl (C=O) groups is 1. The fourth-order valence-electron chi connectivity index (χ4n) is 1.49. The maximum Gasteiger partial charge on any atom is 0.414 e.